The standard InChI is InChI=1S/C23H22ClN3O3S2/c1-30-20-7-2-15(12-16(20)14-26-8-10-32-11-9-26)13-19-21(28)25-23(31)27(22(19)29)18-5-3-17(24)4-6-18/h2-7,12-13H,8-11,14H2,1H3,(H,25,28,31)/b19-13-. The molecule has 2 aliphatic rings. The molecule has 0 aromatic heterocycles. The van der Waals surface area contributed by atoms with Crippen molar-refractivity contribution in [3.63, 3.8) is 0 Å². The van der Waals surface area contributed by atoms with E-state index >= 15 is 0 Å². The Morgan fingerprint density at radius 1 is 1.16 bits per heavy atom. The van der Waals surface area contributed by atoms with Crippen molar-refractivity contribution in [1.29, 1.82) is 0 Å². The number of anilines is 1. The van der Waals surface area contributed by atoms with Gasteiger partial charge in [-0.3, -0.25) is 24.7 Å². The lowest BCUT2D eigenvalue weighted by atomic mass is 10.0. The molecule has 2 amide bonds. The molecule has 2 aromatic rings. The summed E-state index contributed by atoms with van der Waals surface area (Å²) >= 11 is 13.2. The average Bonchev–Trinajstić information content (AvgIpc) is 2.79. The predicted molar refractivity (Wildman–Crippen MR) is 133 cm³/mol. The summed E-state index contributed by atoms with van der Waals surface area (Å²) < 4.78 is 5.54. The highest BCUT2D eigenvalue weighted by Gasteiger charge is 2.34. The van der Waals surface area contributed by atoms with Gasteiger partial charge >= 0.3 is 0 Å². The second-order valence-electron chi connectivity index (χ2n) is 7.39. The van der Waals surface area contributed by atoms with Gasteiger partial charge in [0.05, 0.1) is 12.8 Å². The summed E-state index contributed by atoms with van der Waals surface area (Å²) in [5.74, 6) is 2.01. The maximum Gasteiger partial charge on any atom is 0.270 e. The number of hydrogen-bond acceptors (Lipinski definition) is 6. The number of ether oxygens (including phenoxy) is 1. The summed E-state index contributed by atoms with van der Waals surface area (Å²) in [4.78, 5) is 29.5. The number of hydrogen-bond donors (Lipinski definition) is 1. The van der Waals surface area contributed by atoms with E-state index in [2.05, 4.69) is 10.2 Å². The normalized spacial score (nSPS) is 18.8. The summed E-state index contributed by atoms with van der Waals surface area (Å²) in [5, 5.41) is 3.19. The number of carbonyl (C=O) groups excluding carboxylic acids is 2. The maximum atomic E-state index is 13.2. The monoisotopic (exact) mass is 487 g/mol. The van der Waals surface area contributed by atoms with Gasteiger partial charge in [0.1, 0.15) is 11.3 Å². The van der Waals surface area contributed by atoms with Crippen LogP contribution in [0.5, 0.6) is 5.75 Å². The van der Waals surface area contributed by atoms with E-state index in [-0.39, 0.29) is 10.7 Å². The number of amides is 2. The van der Waals surface area contributed by atoms with Crippen LogP contribution in [-0.4, -0.2) is 53.5 Å². The Labute approximate surface area is 201 Å². The van der Waals surface area contributed by atoms with E-state index in [4.69, 9.17) is 28.6 Å². The molecule has 2 saturated heterocycles. The number of thioether (sulfide) groups is 1. The predicted octanol–water partition coefficient (Wildman–Crippen LogP) is 3.73. The number of rotatable bonds is 5. The van der Waals surface area contributed by atoms with E-state index < -0.39 is 11.8 Å². The molecule has 1 N–H and O–H groups in total. The molecule has 2 fully saturated rings. The van der Waals surface area contributed by atoms with Crippen molar-refractivity contribution in [2.75, 3.05) is 36.6 Å². The zero-order chi connectivity index (χ0) is 22.7. The Hall–Kier alpha value is -2.39. The van der Waals surface area contributed by atoms with Gasteiger partial charge in [-0.05, 0) is 60.3 Å². The van der Waals surface area contributed by atoms with E-state index in [0.29, 0.717) is 10.7 Å². The zero-order valence-corrected chi connectivity index (χ0v) is 19.9. The molecule has 0 atom stereocenters. The van der Waals surface area contributed by atoms with E-state index in [0.717, 1.165) is 48.0 Å². The molecule has 0 aliphatic carbocycles. The molecular weight excluding hydrogens is 466 g/mol. The highest BCUT2D eigenvalue weighted by Crippen LogP contribution is 2.27. The molecule has 0 unspecified atom stereocenters. The largest absolute Gasteiger partial charge is 0.496 e. The van der Waals surface area contributed by atoms with Crippen LogP contribution < -0.4 is 15.0 Å². The van der Waals surface area contributed by atoms with Crippen molar-refractivity contribution in [3.05, 3.63) is 64.2 Å². The summed E-state index contributed by atoms with van der Waals surface area (Å²) in [6.07, 6.45) is 1.59. The Kier molecular flexibility index (Phi) is 7.15. The van der Waals surface area contributed by atoms with Gasteiger partial charge in [-0.1, -0.05) is 17.7 Å². The quantitative estimate of drug-likeness (QED) is 0.394. The van der Waals surface area contributed by atoms with Crippen LogP contribution in [0, 0.1) is 0 Å². The van der Waals surface area contributed by atoms with Gasteiger partial charge in [-0.2, -0.15) is 11.8 Å². The molecule has 0 spiro atoms. The third-order valence-corrected chi connectivity index (χ3v) is 6.78. The molecule has 2 aromatic carbocycles. The van der Waals surface area contributed by atoms with Gasteiger partial charge in [0.2, 0.25) is 0 Å². The van der Waals surface area contributed by atoms with Crippen LogP contribution in [0.3, 0.4) is 0 Å². The van der Waals surface area contributed by atoms with E-state index in [1.54, 1.807) is 37.5 Å². The second kappa shape index (κ2) is 10.0. The summed E-state index contributed by atoms with van der Waals surface area (Å²) in [7, 11) is 1.64. The van der Waals surface area contributed by atoms with Crippen molar-refractivity contribution < 1.29 is 14.3 Å². The third-order valence-electron chi connectivity index (χ3n) is 5.30. The van der Waals surface area contributed by atoms with Crippen LogP contribution in [0.4, 0.5) is 5.69 Å². The molecule has 166 valence electrons. The summed E-state index contributed by atoms with van der Waals surface area (Å²) in [5.41, 5.74) is 2.31. The van der Waals surface area contributed by atoms with Crippen molar-refractivity contribution in [2.24, 2.45) is 0 Å². The number of nitrogens with zero attached hydrogens (tertiary/aromatic N) is 2. The lowest BCUT2D eigenvalue weighted by Gasteiger charge is -2.29. The first-order valence-electron chi connectivity index (χ1n) is 10.1. The number of thiocarbonyl (C=S) groups is 1. The zero-order valence-electron chi connectivity index (χ0n) is 17.5. The third kappa shape index (κ3) is 4.99. The lowest BCUT2D eigenvalue weighted by Crippen LogP contribution is -2.54. The van der Waals surface area contributed by atoms with E-state index in [1.165, 1.54) is 4.90 Å². The van der Waals surface area contributed by atoms with Crippen LogP contribution in [0.2, 0.25) is 5.02 Å². The molecule has 4 rings (SSSR count). The highest BCUT2D eigenvalue weighted by molar-refractivity contribution is 7.99. The minimum Gasteiger partial charge on any atom is -0.496 e. The minimum absolute atomic E-state index is 0.0130. The van der Waals surface area contributed by atoms with Crippen molar-refractivity contribution in [3.8, 4) is 5.75 Å². The molecule has 0 bridgehead atoms. The number of benzene rings is 2. The molecule has 2 heterocycles. The first-order valence-corrected chi connectivity index (χ1v) is 12.0. The summed E-state index contributed by atoms with van der Waals surface area (Å²) in [6.45, 7) is 2.79. The number of nitrogens with one attached hydrogen (secondary N) is 1. The minimum atomic E-state index is -0.518. The summed E-state index contributed by atoms with van der Waals surface area (Å²) in [6, 6.07) is 12.4. The Bertz CT molecular complexity index is 1080. The SMILES string of the molecule is COc1ccc(/C=C2/C(=O)NC(=S)N(c3ccc(Cl)cc3)C2=O)cc1CN1CCSCC1. The highest BCUT2D eigenvalue weighted by atomic mass is 35.5. The molecule has 6 nitrogen and oxygen atoms in total. The second-order valence-corrected chi connectivity index (χ2v) is 9.44. The van der Waals surface area contributed by atoms with Gasteiger partial charge in [-0.15, -0.1) is 0 Å². The van der Waals surface area contributed by atoms with Crippen LogP contribution in [0.15, 0.2) is 48.0 Å². The fourth-order valence-electron chi connectivity index (χ4n) is 3.66. The number of halogens is 1. The molecule has 9 heteroatoms. The van der Waals surface area contributed by atoms with Gasteiger partial charge in [-0.25, -0.2) is 0 Å². The van der Waals surface area contributed by atoms with Crippen LogP contribution >= 0.6 is 35.6 Å². The number of carbonyl (C=O) groups is 2. The first-order chi connectivity index (χ1) is 15.5. The van der Waals surface area contributed by atoms with E-state index in [9.17, 15) is 9.59 Å². The van der Waals surface area contributed by atoms with Crippen LogP contribution in [0.25, 0.3) is 6.08 Å². The smallest absolute Gasteiger partial charge is 0.270 e. The van der Waals surface area contributed by atoms with E-state index in [1.807, 2.05) is 30.0 Å². The maximum absolute atomic E-state index is 13.2. The average molecular weight is 488 g/mol. The molecule has 0 radical (unpaired) electrons. The van der Waals surface area contributed by atoms with Gasteiger partial charge in [0.25, 0.3) is 11.8 Å². The lowest BCUT2D eigenvalue weighted by molar-refractivity contribution is -0.122. The van der Waals surface area contributed by atoms with Crippen molar-refractivity contribution in [2.45, 2.75) is 6.54 Å². The molecule has 32 heavy (non-hydrogen) atoms. The van der Waals surface area contributed by atoms with Crippen molar-refractivity contribution >= 4 is 64.3 Å². The van der Waals surface area contributed by atoms with Gasteiger partial charge in [0, 0.05) is 41.7 Å². The molecular formula is C23H22ClN3O3S2. The fourth-order valence-corrected chi connectivity index (χ4v) is 5.05. The molecule has 2 aliphatic heterocycles. The fraction of sp³-hybridized carbons (Fsp3) is 0.261. The van der Waals surface area contributed by atoms with Gasteiger partial charge < -0.3 is 4.74 Å². The Morgan fingerprint density at radius 2 is 1.88 bits per heavy atom. The topological polar surface area (TPSA) is 61.9 Å². The van der Waals surface area contributed by atoms with Crippen molar-refractivity contribution in [1.82, 2.24) is 10.2 Å². The first kappa shape index (κ1) is 22.8. The Balaban J connectivity index is 1.64. The molecule has 0 saturated carbocycles. The van der Waals surface area contributed by atoms with Crippen LogP contribution in [-0.2, 0) is 16.1 Å². The van der Waals surface area contributed by atoms with Crippen LogP contribution in [0.1, 0.15) is 11.1 Å². The number of methoxy groups -OCH3 is 1. The Morgan fingerprint density at radius 3 is 2.56 bits per heavy atom. The van der Waals surface area contributed by atoms with Gasteiger partial charge in [0.15, 0.2) is 5.11 Å².